The van der Waals surface area contributed by atoms with E-state index in [1.54, 1.807) is 34.8 Å². The number of amides is 1. The van der Waals surface area contributed by atoms with E-state index in [1.807, 2.05) is 24.3 Å². The van der Waals surface area contributed by atoms with Crippen LogP contribution >= 0.6 is 22.7 Å². The molecule has 172 valence electrons. The molecule has 0 radical (unpaired) electrons. The first-order chi connectivity index (χ1) is 16.2. The van der Waals surface area contributed by atoms with Crippen LogP contribution in [0.1, 0.15) is 28.6 Å². The van der Waals surface area contributed by atoms with E-state index in [0.717, 1.165) is 55.4 Å². The summed E-state index contributed by atoms with van der Waals surface area (Å²) < 4.78 is 5.28. The minimum atomic E-state index is -0.00243. The number of carbonyl (C=O) groups is 1. The van der Waals surface area contributed by atoms with Crippen molar-refractivity contribution in [3.63, 3.8) is 0 Å². The fraction of sp³-hybridized carbons (Fsp3) is 0.360. The van der Waals surface area contributed by atoms with Crippen molar-refractivity contribution in [1.82, 2.24) is 9.91 Å². The number of hydrazone groups is 1. The van der Waals surface area contributed by atoms with Crippen molar-refractivity contribution in [2.75, 3.05) is 44.7 Å². The zero-order valence-electron chi connectivity index (χ0n) is 18.7. The molecule has 1 fully saturated rings. The molecule has 2 aliphatic heterocycles. The number of ether oxygens (including phenoxy) is 1. The molecule has 1 atom stereocenters. The van der Waals surface area contributed by atoms with Gasteiger partial charge in [0.1, 0.15) is 5.75 Å². The molecule has 8 heteroatoms. The standard InChI is InChI=1S/C25H28N4O2S2/c1-31-20-9-7-19(8-10-20)28-12-4-11-27(13-14-28)18-25(30)29-22(24-6-3-16-33-24)17-21(26-29)23-5-2-15-32-23/h2-3,5-10,15-16,22H,4,11-14,17-18H2,1H3. The second-order valence-corrected chi connectivity index (χ2v) is 10.2. The summed E-state index contributed by atoms with van der Waals surface area (Å²) in [5.74, 6) is 0.951. The van der Waals surface area contributed by atoms with E-state index >= 15 is 0 Å². The molecule has 1 aromatic carbocycles. The van der Waals surface area contributed by atoms with Crippen molar-refractivity contribution in [2.45, 2.75) is 18.9 Å². The highest BCUT2D eigenvalue weighted by molar-refractivity contribution is 7.12. The number of nitrogens with zero attached hydrogens (tertiary/aromatic N) is 4. The number of benzene rings is 1. The minimum absolute atomic E-state index is 0.00243. The van der Waals surface area contributed by atoms with Gasteiger partial charge in [0.25, 0.3) is 5.91 Å². The van der Waals surface area contributed by atoms with E-state index in [0.29, 0.717) is 6.54 Å². The number of thiophene rings is 2. The fourth-order valence-electron chi connectivity index (χ4n) is 4.48. The molecule has 0 N–H and O–H groups in total. The molecule has 3 aromatic rings. The predicted octanol–water partition coefficient (Wildman–Crippen LogP) is 4.71. The molecule has 4 heterocycles. The second-order valence-electron chi connectivity index (χ2n) is 8.31. The van der Waals surface area contributed by atoms with E-state index in [-0.39, 0.29) is 11.9 Å². The monoisotopic (exact) mass is 480 g/mol. The van der Waals surface area contributed by atoms with Gasteiger partial charge in [0.05, 0.1) is 30.3 Å². The van der Waals surface area contributed by atoms with E-state index in [2.05, 4.69) is 44.8 Å². The van der Waals surface area contributed by atoms with Gasteiger partial charge in [0.15, 0.2) is 0 Å². The highest BCUT2D eigenvalue weighted by atomic mass is 32.1. The third-order valence-electron chi connectivity index (χ3n) is 6.23. The number of carbonyl (C=O) groups excluding carboxylic acids is 1. The predicted molar refractivity (Wildman–Crippen MR) is 136 cm³/mol. The molecule has 2 aliphatic rings. The average molecular weight is 481 g/mol. The van der Waals surface area contributed by atoms with Crippen LogP contribution in [-0.4, -0.2) is 61.4 Å². The zero-order chi connectivity index (χ0) is 22.6. The maximum absolute atomic E-state index is 13.4. The lowest BCUT2D eigenvalue weighted by molar-refractivity contribution is -0.134. The van der Waals surface area contributed by atoms with Gasteiger partial charge in [0, 0.05) is 43.2 Å². The van der Waals surface area contributed by atoms with E-state index in [4.69, 9.17) is 9.84 Å². The molecule has 0 bridgehead atoms. The van der Waals surface area contributed by atoms with Crippen LogP contribution in [0.3, 0.4) is 0 Å². The van der Waals surface area contributed by atoms with Crippen LogP contribution in [0.25, 0.3) is 0 Å². The largest absolute Gasteiger partial charge is 0.497 e. The Balaban J connectivity index is 1.25. The quantitative estimate of drug-likeness (QED) is 0.513. The van der Waals surface area contributed by atoms with Crippen LogP contribution in [0.15, 0.2) is 64.4 Å². The number of rotatable bonds is 6. The number of anilines is 1. The summed E-state index contributed by atoms with van der Waals surface area (Å²) in [6.07, 6.45) is 1.80. The topological polar surface area (TPSA) is 48.4 Å². The maximum atomic E-state index is 13.4. The molecule has 5 rings (SSSR count). The first-order valence-electron chi connectivity index (χ1n) is 11.3. The molecule has 2 aromatic heterocycles. The first-order valence-corrected chi connectivity index (χ1v) is 13.1. The van der Waals surface area contributed by atoms with Gasteiger partial charge in [-0.1, -0.05) is 12.1 Å². The van der Waals surface area contributed by atoms with Crippen molar-refractivity contribution in [1.29, 1.82) is 0 Å². The number of hydrogen-bond donors (Lipinski definition) is 0. The van der Waals surface area contributed by atoms with Gasteiger partial charge in [-0.2, -0.15) is 5.10 Å². The lowest BCUT2D eigenvalue weighted by Gasteiger charge is -2.26. The summed E-state index contributed by atoms with van der Waals surface area (Å²) in [4.78, 5) is 20.4. The van der Waals surface area contributed by atoms with Gasteiger partial charge in [0.2, 0.25) is 0 Å². The van der Waals surface area contributed by atoms with E-state index < -0.39 is 0 Å². The molecule has 1 unspecified atom stereocenters. The summed E-state index contributed by atoms with van der Waals surface area (Å²) in [5.41, 5.74) is 2.21. The fourth-order valence-corrected chi connectivity index (χ4v) is 6.01. The van der Waals surface area contributed by atoms with Gasteiger partial charge in [-0.05, 0) is 53.6 Å². The van der Waals surface area contributed by atoms with E-state index in [9.17, 15) is 4.79 Å². The molecular formula is C25H28N4O2S2. The van der Waals surface area contributed by atoms with Crippen LogP contribution in [0.4, 0.5) is 5.69 Å². The Bertz CT molecular complexity index is 1080. The Morgan fingerprint density at radius 2 is 1.85 bits per heavy atom. The van der Waals surface area contributed by atoms with Gasteiger partial charge in [-0.25, -0.2) is 5.01 Å². The normalized spacial score (nSPS) is 19.4. The molecule has 1 amide bonds. The molecule has 0 aliphatic carbocycles. The Morgan fingerprint density at radius 3 is 2.58 bits per heavy atom. The molecule has 0 saturated carbocycles. The zero-order valence-corrected chi connectivity index (χ0v) is 20.4. The molecule has 33 heavy (non-hydrogen) atoms. The van der Waals surface area contributed by atoms with Crippen molar-refractivity contribution in [2.24, 2.45) is 5.10 Å². The van der Waals surface area contributed by atoms with Crippen molar-refractivity contribution < 1.29 is 9.53 Å². The lowest BCUT2D eigenvalue weighted by Crippen LogP contribution is -2.40. The van der Waals surface area contributed by atoms with Crippen molar-refractivity contribution in [3.8, 4) is 5.75 Å². The Hall–Kier alpha value is -2.68. The molecule has 1 saturated heterocycles. The third-order valence-corrected chi connectivity index (χ3v) is 8.12. The van der Waals surface area contributed by atoms with Crippen LogP contribution in [0.5, 0.6) is 5.75 Å². The number of methoxy groups -OCH3 is 1. The summed E-state index contributed by atoms with van der Waals surface area (Å²) >= 11 is 3.38. The Kier molecular flexibility index (Phi) is 6.75. The smallest absolute Gasteiger partial charge is 0.257 e. The Labute approximate surface area is 202 Å². The first kappa shape index (κ1) is 22.1. The third kappa shape index (κ3) is 4.98. The number of hydrogen-bond acceptors (Lipinski definition) is 7. The summed E-state index contributed by atoms with van der Waals surface area (Å²) in [6.45, 7) is 4.06. The van der Waals surface area contributed by atoms with Crippen molar-refractivity contribution >= 4 is 40.0 Å². The summed E-state index contributed by atoms with van der Waals surface area (Å²) in [7, 11) is 1.69. The minimum Gasteiger partial charge on any atom is -0.497 e. The lowest BCUT2D eigenvalue weighted by atomic mass is 10.1. The molecule has 0 spiro atoms. The Morgan fingerprint density at radius 1 is 1.03 bits per heavy atom. The van der Waals surface area contributed by atoms with Crippen LogP contribution < -0.4 is 9.64 Å². The second kappa shape index (κ2) is 10.1. The molecule has 6 nitrogen and oxygen atoms in total. The van der Waals surface area contributed by atoms with Gasteiger partial charge in [-0.15, -0.1) is 22.7 Å². The highest BCUT2D eigenvalue weighted by Gasteiger charge is 2.34. The van der Waals surface area contributed by atoms with Crippen LogP contribution in [-0.2, 0) is 4.79 Å². The highest BCUT2D eigenvalue weighted by Crippen LogP contribution is 2.36. The van der Waals surface area contributed by atoms with Crippen molar-refractivity contribution in [3.05, 3.63) is 69.0 Å². The average Bonchev–Trinajstić information content (AvgIpc) is 3.59. The van der Waals surface area contributed by atoms with Gasteiger partial charge < -0.3 is 9.64 Å². The van der Waals surface area contributed by atoms with Crippen LogP contribution in [0.2, 0.25) is 0 Å². The summed E-state index contributed by atoms with van der Waals surface area (Å²) in [6, 6.07) is 16.5. The SMILES string of the molecule is COc1ccc(N2CCCN(CC(=O)N3N=C(c4cccs4)CC3c3cccs3)CC2)cc1. The summed E-state index contributed by atoms with van der Waals surface area (Å²) in [5, 5.41) is 10.7. The van der Waals surface area contributed by atoms with Gasteiger partial charge >= 0.3 is 0 Å². The van der Waals surface area contributed by atoms with E-state index in [1.165, 1.54) is 10.6 Å². The maximum Gasteiger partial charge on any atom is 0.257 e. The molecular weight excluding hydrogens is 452 g/mol. The van der Waals surface area contributed by atoms with Crippen LogP contribution in [0, 0.1) is 0 Å². The van der Waals surface area contributed by atoms with Gasteiger partial charge in [-0.3, -0.25) is 9.69 Å².